The smallest absolute Gasteiger partial charge is 0.202 e. The highest BCUT2D eigenvalue weighted by Gasteiger charge is 2.40. The zero-order valence-corrected chi connectivity index (χ0v) is 19.8. The second kappa shape index (κ2) is 8.21. The van der Waals surface area contributed by atoms with Gasteiger partial charge < -0.3 is 5.11 Å². The monoisotopic (exact) mass is 457 g/mol. The third-order valence-corrected chi connectivity index (χ3v) is 7.62. The van der Waals surface area contributed by atoms with Crippen LogP contribution in [-0.2, 0) is 13.0 Å². The molecule has 4 heterocycles. The number of hydrogen-bond donors (Lipinski definition) is 3. The van der Waals surface area contributed by atoms with Crippen molar-refractivity contribution in [1.29, 1.82) is 0 Å². The molecular weight excluding hydrogens is 426 g/mol. The average Bonchev–Trinajstić information content (AvgIpc) is 3.55. The first kappa shape index (κ1) is 21.3. The van der Waals surface area contributed by atoms with Crippen molar-refractivity contribution in [2.24, 2.45) is 0 Å². The van der Waals surface area contributed by atoms with Gasteiger partial charge in [-0.25, -0.2) is 4.98 Å². The highest BCUT2D eigenvalue weighted by atomic mass is 16.3. The van der Waals surface area contributed by atoms with Crippen LogP contribution in [-0.4, -0.2) is 72.0 Å². The number of benzene rings is 2. The summed E-state index contributed by atoms with van der Waals surface area (Å²) in [4.78, 5) is 9.92. The van der Waals surface area contributed by atoms with Gasteiger partial charge in [-0.05, 0) is 73.7 Å². The summed E-state index contributed by atoms with van der Waals surface area (Å²) in [5, 5.41) is 26.2. The fraction of sp³-hybridized carbons (Fsp3) is 0.423. The molecule has 1 atom stereocenters. The number of nitrogens with one attached hydrogen (secondary N) is 2. The van der Waals surface area contributed by atoms with Crippen molar-refractivity contribution in [3.05, 3.63) is 47.8 Å². The fourth-order valence-corrected chi connectivity index (χ4v) is 5.79. The Morgan fingerprint density at radius 1 is 1.06 bits per heavy atom. The minimum atomic E-state index is 0.296. The van der Waals surface area contributed by atoms with E-state index in [9.17, 15) is 5.11 Å². The number of H-pyrrole nitrogens is 2. The maximum atomic E-state index is 9.84. The number of fused-ring (bicyclic) bond motifs is 2. The molecule has 8 nitrogen and oxygen atoms in total. The molecule has 4 aromatic rings. The lowest BCUT2D eigenvalue weighted by Crippen LogP contribution is -2.57. The van der Waals surface area contributed by atoms with E-state index in [1.165, 1.54) is 19.4 Å². The van der Waals surface area contributed by atoms with Gasteiger partial charge in [-0.3, -0.25) is 20.0 Å². The molecule has 34 heavy (non-hydrogen) atoms. The molecule has 2 saturated heterocycles. The van der Waals surface area contributed by atoms with E-state index < -0.39 is 0 Å². The number of piperazine rings is 1. The number of rotatable bonds is 5. The Balaban J connectivity index is 1.23. The molecule has 0 spiro atoms. The van der Waals surface area contributed by atoms with Crippen molar-refractivity contribution in [3.8, 4) is 28.4 Å². The van der Waals surface area contributed by atoms with Crippen molar-refractivity contribution in [2.45, 2.75) is 45.2 Å². The second-order valence-corrected chi connectivity index (χ2v) is 9.93. The molecular formula is C26H31N7O. The van der Waals surface area contributed by atoms with E-state index in [0.717, 1.165) is 71.7 Å². The molecule has 0 bridgehead atoms. The van der Waals surface area contributed by atoms with Crippen LogP contribution in [0.4, 0.5) is 0 Å². The Kier molecular flexibility index (Phi) is 5.15. The quantitative estimate of drug-likeness (QED) is 0.420. The van der Waals surface area contributed by atoms with Gasteiger partial charge >= 0.3 is 0 Å². The molecule has 6 rings (SSSR count). The summed E-state index contributed by atoms with van der Waals surface area (Å²) in [6, 6.07) is 11.8. The summed E-state index contributed by atoms with van der Waals surface area (Å²) in [5.74, 6) is 1.80. The van der Waals surface area contributed by atoms with Crippen molar-refractivity contribution in [3.63, 3.8) is 0 Å². The number of aromatic amines is 2. The van der Waals surface area contributed by atoms with E-state index in [1.807, 2.05) is 12.1 Å². The van der Waals surface area contributed by atoms with E-state index in [2.05, 4.69) is 62.2 Å². The summed E-state index contributed by atoms with van der Waals surface area (Å²) < 4.78 is 0. The molecule has 0 aliphatic carbocycles. The van der Waals surface area contributed by atoms with Crippen molar-refractivity contribution < 1.29 is 5.11 Å². The molecule has 2 aliphatic rings. The lowest BCUT2D eigenvalue weighted by Gasteiger charge is -2.44. The third-order valence-electron chi connectivity index (χ3n) is 7.62. The Morgan fingerprint density at radius 3 is 2.85 bits per heavy atom. The van der Waals surface area contributed by atoms with Gasteiger partial charge in [0.15, 0.2) is 0 Å². The predicted octanol–water partition coefficient (Wildman–Crippen LogP) is 3.95. The van der Waals surface area contributed by atoms with Crippen LogP contribution in [0.15, 0.2) is 36.4 Å². The van der Waals surface area contributed by atoms with Crippen LogP contribution in [0.5, 0.6) is 5.75 Å². The summed E-state index contributed by atoms with van der Waals surface area (Å²) in [5.41, 5.74) is 5.33. The molecule has 2 aliphatic heterocycles. The Bertz CT molecular complexity index is 1340. The number of phenolic OH excluding ortho intramolecular Hbond substituents is 1. The van der Waals surface area contributed by atoms with Crippen LogP contribution in [0.1, 0.15) is 38.1 Å². The second-order valence-electron chi connectivity index (χ2n) is 9.93. The number of aromatic nitrogens is 5. The van der Waals surface area contributed by atoms with Gasteiger partial charge in [-0.1, -0.05) is 19.1 Å². The molecule has 2 aromatic heterocycles. The number of aryl methyl sites for hydroxylation is 1. The summed E-state index contributed by atoms with van der Waals surface area (Å²) >= 11 is 0. The summed E-state index contributed by atoms with van der Waals surface area (Å²) in [7, 11) is 0. The lowest BCUT2D eigenvalue weighted by atomic mass is 9.96. The SMILES string of the molecule is CCc1cc(O)ccc1-c1ccc2c(-c3n[nH]c(CN4CCN5CCC[C@@]5(C)C4)n3)n[nH]c2c1. The molecule has 2 fully saturated rings. The van der Waals surface area contributed by atoms with E-state index in [1.54, 1.807) is 6.07 Å². The van der Waals surface area contributed by atoms with Crippen LogP contribution in [0.2, 0.25) is 0 Å². The molecule has 0 unspecified atom stereocenters. The summed E-state index contributed by atoms with van der Waals surface area (Å²) in [6.07, 6.45) is 3.43. The highest BCUT2D eigenvalue weighted by molar-refractivity contribution is 5.94. The molecule has 3 N–H and O–H groups in total. The van der Waals surface area contributed by atoms with E-state index >= 15 is 0 Å². The van der Waals surface area contributed by atoms with E-state index in [-0.39, 0.29) is 0 Å². The Labute approximate surface area is 199 Å². The largest absolute Gasteiger partial charge is 0.508 e. The van der Waals surface area contributed by atoms with E-state index in [4.69, 9.17) is 4.98 Å². The lowest BCUT2D eigenvalue weighted by molar-refractivity contribution is 0.0348. The first-order valence-corrected chi connectivity index (χ1v) is 12.2. The normalized spacial score (nSPS) is 21.4. The van der Waals surface area contributed by atoms with Gasteiger partial charge in [0, 0.05) is 30.6 Å². The minimum Gasteiger partial charge on any atom is -0.508 e. The van der Waals surface area contributed by atoms with Gasteiger partial charge in [0.05, 0.1) is 12.1 Å². The van der Waals surface area contributed by atoms with Crippen LogP contribution < -0.4 is 0 Å². The van der Waals surface area contributed by atoms with Crippen LogP contribution >= 0.6 is 0 Å². The molecule has 0 saturated carbocycles. The van der Waals surface area contributed by atoms with Crippen molar-refractivity contribution in [2.75, 3.05) is 26.2 Å². The molecule has 0 radical (unpaired) electrons. The standard InChI is InChI=1S/C26H31N7O/c1-3-17-13-19(34)6-8-20(17)18-5-7-21-22(14-18)28-30-24(21)25-27-23(29-31-25)15-32-11-12-33-10-4-9-26(33,2)16-32/h5-8,13-14,34H,3-4,9-12,15-16H2,1-2H3,(H,28,30)(H,27,29,31)/t26-/m0/s1. The maximum Gasteiger partial charge on any atom is 0.202 e. The average molecular weight is 458 g/mol. The predicted molar refractivity (Wildman–Crippen MR) is 132 cm³/mol. The van der Waals surface area contributed by atoms with Crippen molar-refractivity contribution >= 4 is 10.9 Å². The number of hydrogen-bond acceptors (Lipinski definition) is 6. The van der Waals surface area contributed by atoms with Gasteiger partial charge in [0.1, 0.15) is 17.3 Å². The maximum absolute atomic E-state index is 9.84. The van der Waals surface area contributed by atoms with Crippen LogP contribution in [0, 0.1) is 0 Å². The first-order valence-electron chi connectivity index (χ1n) is 12.2. The van der Waals surface area contributed by atoms with Gasteiger partial charge in [-0.15, -0.1) is 0 Å². The van der Waals surface area contributed by atoms with Crippen LogP contribution in [0.3, 0.4) is 0 Å². The number of aromatic hydroxyl groups is 1. The third kappa shape index (κ3) is 3.67. The first-order chi connectivity index (χ1) is 16.5. The fourth-order valence-electron chi connectivity index (χ4n) is 5.79. The Morgan fingerprint density at radius 2 is 1.97 bits per heavy atom. The number of nitrogens with zero attached hydrogens (tertiary/aromatic N) is 5. The molecule has 176 valence electrons. The molecule has 2 aromatic carbocycles. The number of phenols is 1. The molecule has 0 amide bonds. The minimum absolute atomic E-state index is 0.296. The van der Waals surface area contributed by atoms with Gasteiger partial charge in [0.2, 0.25) is 5.82 Å². The Hall–Kier alpha value is -3.23. The highest BCUT2D eigenvalue weighted by Crippen LogP contribution is 2.34. The van der Waals surface area contributed by atoms with Crippen molar-refractivity contribution in [1.82, 2.24) is 35.2 Å². The molecule has 8 heteroatoms. The van der Waals surface area contributed by atoms with E-state index in [0.29, 0.717) is 17.1 Å². The topological polar surface area (TPSA) is 97.0 Å². The van der Waals surface area contributed by atoms with Gasteiger partial charge in [-0.2, -0.15) is 10.2 Å². The summed E-state index contributed by atoms with van der Waals surface area (Å²) in [6.45, 7) is 9.78. The van der Waals surface area contributed by atoms with Gasteiger partial charge in [0.25, 0.3) is 0 Å². The van der Waals surface area contributed by atoms with Crippen LogP contribution in [0.25, 0.3) is 33.5 Å². The zero-order valence-electron chi connectivity index (χ0n) is 19.8. The zero-order chi connectivity index (χ0) is 23.3.